The van der Waals surface area contributed by atoms with Crippen LogP contribution in [0.4, 0.5) is 4.79 Å². The average Bonchev–Trinajstić information content (AvgIpc) is 3.42. The summed E-state index contributed by atoms with van der Waals surface area (Å²) in [6.45, 7) is 18.8. The molecule has 5 amide bonds. The topological polar surface area (TPSA) is 177 Å². The molecule has 0 aromatic heterocycles. The van der Waals surface area contributed by atoms with Crippen LogP contribution in [0.1, 0.15) is 74.7 Å². The van der Waals surface area contributed by atoms with Crippen molar-refractivity contribution < 1.29 is 32.4 Å². The molecule has 15 heteroatoms. The van der Waals surface area contributed by atoms with Gasteiger partial charge in [0.25, 0.3) is 16.1 Å². The molecule has 0 aliphatic carbocycles. The summed E-state index contributed by atoms with van der Waals surface area (Å²) in [5.74, 6) is -2.91. The van der Waals surface area contributed by atoms with Crippen LogP contribution in [0.5, 0.6) is 0 Å². The van der Waals surface area contributed by atoms with E-state index in [0.717, 1.165) is 8.61 Å². The van der Waals surface area contributed by atoms with E-state index in [9.17, 15) is 32.4 Å². The van der Waals surface area contributed by atoms with Gasteiger partial charge in [0.15, 0.2) is 0 Å². The van der Waals surface area contributed by atoms with Crippen molar-refractivity contribution in [2.24, 2.45) is 23.2 Å². The lowest BCUT2D eigenvalue weighted by Gasteiger charge is -2.37. The molecule has 0 radical (unpaired) electrons. The predicted molar refractivity (Wildman–Crippen MR) is 182 cm³/mol. The summed E-state index contributed by atoms with van der Waals surface area (Å²) in [6.07, 6.45) is 2.77. The summed E-state index contributed by atoms with van der Waals surface area (Å²) in [7, 11) is 0.566. The van der Waals surface area contributed by atoms with Crippen LogP contribution in [0.15, 0.2) is 12.7 Å². The zero-order chi connectivity index (χ0) is 36.4. The van der Waals surface area contributed by atoms with Crippen LogP contribution in [0.3, 0.4) is 0 Å². The fourth-order valence-corrected chi connectivity index (χ4v) is 6.46. The van der Waals surface area contributed by atoms with Crippen LogP contribution in [-0.2, 0) is 29.4 Å². The van der Waals surface area contributed by atoms with E-state index in [4.69, 9.17) is 0 Å². The minimum atomic E-state index is -3.72. The van der Waals surface area contributed by atoms with Crippen molar-refractivity contribution in [1.82, 2.24) is 34.8 Å². The second-order valence-corrected chi connectivity index (χ2v) is 16.5. The average molecular weight is 686 g/mol. The predicted octanol–water partition coefficient (Wildman–Crippen LogP) is 1.49. The highest BCUT2D eigenvalue weighted by Gasteiger charge is 2.47. The van der Waals surface area contributed by atoms with E-state index >= 15 is 0 Å². The van der Waals surface area contributed by atoms with Gasteiger partial charge in [-0.2, -0.15) is 17.0 Å². The molecule has 1 fully saturated rings. The van der Waals surface area contributed by atoms with E-state index in [1.165, 1.54) is 32.1 Å². The fourth-order valence-electron chi connectivity index (χ4n) is 5.55. The van der Waals surface area contributed by atoms with Gasteiger partial charge in [-0.3, -0.25) is 19.2 Å². The van der Waals surface area contributed by atoms with Crippen molar-refractivity contribution >= 4 is 39.7 Å². The van der Waals surface area contributed by atoms with Crippen molar-refractivity contribution in [2.75, 3.05) is 40.8 Å². The van der Waals surface area contributed by atoms with E-state index in [0.29, 0.717) is 12.8 Å². The highest BCUT2D eigenvalue weighted by Crippen LogP contribution is 2.33. The molecule has 270 valence electrons. The molecule has 0 aromatic carbocycles. The van der Waals surface area contributed by atoms with Gasteiger partial charge in [0, 0.05) is 46.8 Å². The van der Waals surface area contributed by atoms with E-state index in [1.807, 2.05) is 34.6 Å². The molecule has 5 atom stereocenters. The van der Waals surface area contributed by atoms with E-state index in [1.54, 1.807) is 20.8 Å². The number of amides is 5. The first-order valence-corrected chi connectivity index (χ1v) is 17.8. The Hall–Kier alpha value is -3.04. The normalized spacial score (nSPS) is 19.0. The van der Waals surface area contributed by atoms with Crippen LogP contribution < -0.4 is 21.3 Å². The molecular formula is C32H59N7O7S. The highest BCUT2D eigenvalue weighted by molar-refractivity contribution is 7.86. The largest absolute Gasteiger partial charge is 0.346 e. The Kier molecular flexibility index (Phi) is 16.0. The van der Waals surface area contributed by atoms with Crippen LogP contribution >= 0.6 is 0 Å². The number of carbonyl (C=O) groups is 5. The van der Waals surface area contributed by atoms with Crippen molar-refractivity contribution in [1.29, 1.82) is 0 Å². The molecule has 1 aliphatic heterocycles. The Balaban J connectivity index is 3.31. The quantitative estimate of drug-likeness (QED) is 0.132. The number of nitrogens with zero attached hydrogens (tertiary/aromatic N) is 3. The minimum absolute atomic E-state index is 0.00737. The Labute approximate surface area is 282 Å². The standard InChI is InChI=1S/C32H59N7O7S/c1-13-15-23(26(40)29(42)33-17-14-2)34-28(41)25-22(20(3)4)16-18-39(25)30(43)27(32(7,8)9)36-31(44)35-24(21(5)6)19-38(12)47(45,46)37(10)11/h14,20-25,27H,2,13,15-19H2,1,3-12H3,(H,33,42)(H,34,41)(H2,35,36,44)/t22-,23?,24-,25+,27-/m1/s1. The third-order valence-corrected chi connectivity index (χ3v) is 10.4. The zero-order valence-electron chi connectivity index (χ0n) is 30.2. The lowest BCUT2D eigenvalue weighted by Crippen LogP contribution is -2.62. The number of rotatable bonds is 17. The van der Waals surface area contributed by atoms with Gasteiger partial charge in [-0.1, -0.05) is 67.9 Å². The second kappa shape index (κ2) is 17.9. The van der Waals surface area contributed by atoms with Crippen LogP contribution in [0.2, 0.25) is 0 Å². The SMILES string of the molecule is C=CCNC(=O)C(=O)C(CCC)NC(=O)[C@@H]1[C@@H](C(C)C)CCN1C(=O)[C@@H](NC(=O)N[C@H](CN(C)S(=O)(=O)N(C)C)C(C)C)C(C)(C)C. The van der Waals surface area contributed by atoms with Crippen molar-refractivity contribution in [2.45, 2.75) is 98.8 Å². The Morgan fingerprint density at radius 1 is 1.00 bits per heavy atom. The maximum absolute atomic E-state index is 14.3. The van der Waals surface area contributed by atoms with E-state index < -0.39 is 69.3 Å². The Morgan fingerprint density at radius 2 is 1.60 bits per heavy atom. The number of hydrogen-bond acceptors (Lipinski definition) is 7. The summed E-state index contributed by atoms with van der Waals surface area (Å²) in [5, 5.41) is 10.9. The highest BCUT2D eigenvalue weighted by atomic mass is 32.2. The number of carbonyl (C=O) groups excluding carboxylic acids is 5. The summed E-state index contributed by atoms with van der Waals surface area (Å²) in [6, 6.07) is -4.25. The third-order valence-electron chi connectivity index (χ3n) is 8.51. The van der Waals surface area contributed by atoms with Gasteiger partial charge >= 0.3 is 6.03 Å². The van der Waals surface area contributed by atoms with Gasteiger partial charge in [-0.15, -0.1) is 6.58 Å². The fraction of sp³-hybridized carbons (Fsp3) is 0.781. The van der Waals surface area contributed by atoms with Crippen LogP contribution in [0.25, 0.3) is 0 Å². The van der Waals surface area contributed by atoms with Gasteiger partial charge < -0.3 is 26.2 Å². The second-order valence-electron chi connectivity index (χ2n) is 14.2. The minimum Gasteiger partial charge on any atom is -0.346 e. The number of hydrogen-bond donors (Lipinski definition) is 4. The maximum Gasteiger partial charge on any atom is 0.315 e. The summed E-state index contributed by atoms with van der Waals surface area (Å²) in [4.78, 5) is 68.4. The molecule has 0 aromatic rings. The van der Waals surface area contributed by atoms with E-state index in [2.05, 4.69) is 27.8 Å². The monoisotopic (exact) mass is 685 g/mol. The van der Waals surface area contributed by atoms with Crippen LogP contribution in [-0.4, -0.2) is 116 Å². The van der Waals surface area contributed by atoms with Gasteiger partial charge in [-0.25, -0.2) is 4.79 Å². The molecule has 1 rings (SSSR count). The number of urea groups is 1. The van der Waals surface area contributed by atoms with Crippen molar-refractivity contribution in [3.05, 3.63) is 12.7 Å². The molecule has 4 N–H and O–H groups in total. The summed E-state index contributed by atoms with van der Waals surface area (Å²) in [5.41, 5.74) is -0.770. The molecule has 1 saturated heterocycles. The number of likely N-dealkylation sites (tertiary alicyclic amines) is 1. The first-order valence-electron chi connectivity index (χ1n) is 16.4. The van der Waals surface area contributed by atoms with Crippen molar-refractivity contribution in [3.63, 3.8) is 0 Å². The number of nitrogens with one attached hydrogen (secondary N) is 4. The smallest absolute Gasteiger partial charge is 0.315 e. The van der Waals surface area contributed by atoms with E-state index in [-0.39, 0.29) is 43.8 Å². The van der Waals surface area contributed by atoms with Gasteiger partial charge in [0.05, 0.1) is 6.04 Å². The number of Topliss-reactive ketones (excluding diaryl/α,β-unsaturated/α-hetero) is 1. The molecule has 0 bridgehead atoms. The summed E-state index contributed by atoms with van der Waals surface area (Å²) >= 11 is 0. The van der Waals surface area contributed by atoms with Gasteiger partial charge in [0.2, 0.25) is 17.6 Å². The third kappa shape index (κ3) is 11.6. The molecule has 14 nitrogen and oxygen atoms in total. The van der Waals surface area contributed by atoms with Gasteiger partial charge in [-0.05, 0) is 36.0 Å². The molecule has 1 heterocycles. The van der Waals surface area contributed by atoms with Gasteiger partial charge in [0.1, 0.15) is 12.1 Å². The first-order chi connectivity index (χ1) is 21.6. The molecular weight excluding hydrogens is 626 g/mol. The molecule has 1 unspecified atom stereocenters. The summed E-state index contributed by atoms with van der Waals surface area (Å²) < 4.78 is 27.4. The Bertz CT molecular complexity index is 1230. The molecule has 1 aliphatic rings. The Morgan fingerprint density at radius 3 is 2.06 bits per heavy atom. The molecule has 47 heavy (non-hydrogen) atoms. The lowest BCUT2D eigenvalue weighted by atomic mass is 9.84. The zero-order valence-corrected chi connectivity index (χ0v) is 31.0. The molecule has 0 spiro atoms. The first kappa shape index (κ1) is 42.0. The van der Waals surface area contributed by atoms with Crippen molar-refractivity contribution in [3.8, 4) is 0 Å². The van der Waals surface area contributed by atoms with Crippen LogP contribution in [0, 0.1) is 23.2 Å². The lowest BCUT2D eigenvalue weighted by molar-refractivity contribution is -0.144. The number of likely N-dealkylation sites (N-methyl/N-ethyl adjacent to an activating group) is 1. The number of ketones is 1. The molecule has 0 saturated carbocycles. The maximum atomic E-state index is 14.3.